The van der Waals surface area contributed by atoms with Gasteiger partial charge in [-0.2, -0.15) is 0 Å². The molecule has 0 radical (unpaired) electrons. The number of ether oxygens (including phenoxy) is 4. The first-order chi connectivity index (χ1) is 11.3. The number of methoxy groups -OCH3 is 3. The molecule has 0 aromatic carbocycles. The van der Waals surface area contributed by atoms with Gasteiger partial charge in [0.15, 0.2) is 5.60 Å². The zero-order valence-corrected chi connectivity index (χ0v) is 14.5. The highest BCUT2D eigenvalue weighted by atomic mass is 16.7. The topological polar surface area (TPSA) is 116 Å². The molecule has 6 atom stereocenters. The molecule has 1 unspecified atom stereocenters. The first-order valence-corrected chi connectivity index (χ1v) is 7.65. The lowest BCUT2D eigenvalue weighted by atomic mass is 9.77. The quantitative estimate of drug-likeness (QED) is 0.494. The van der Waals surface area contributed by atoms with Gasteiger partial charge < -0.3 is 34.0 Å². The SMILES string of the molecule is COCO[C@]1(C(O)[C@@](C)(O)C(=O)OC)C[C@H](C)[C@@H]2ON=C(OC)[C@@H]21. The Morgan fingerprint density at radius 1 is 1.50 bits per heavy atom. The van der Waals surface area contributed by atoms with Crippen molar-refractivity contribution in [3.05, 3.63) is 0 Å². The van der Waals surface area contributed by atoms with Crippen molar-refractivity contribution in [2.75, 3.05) is 28.1 Å². The summed E-state index contributed by atoms with van der Waals surface area (Å²) >= 11 is 0. The van der Waals surface area contributed by atoms with E-state index in [9.17, 15) is 15.0 Å². The zero-order valence-electron chi connectivity index (χ0n) is 14.5. The molecule has 9 nitrogen and oxygen atoms in total. The lowest BCUT2D eigenvalue weighted by molar-refractivity contribution is -0.234. The Labute approximate surface area is 140 Å². The molecule has 0 amide bonds. The van der Waals surface area contributed by atoms with Gasteiger partial charge >= 0.3 is 5.97 Å². The minimum absolute atomic E-state index is 0.0636. The lowest BCUT2D eigenvalue weighted by Gasteiger charge is -2.42. The number of aliphatic hydroxyl groups excluding tert-OH is 1. The van der Waals surface area contributed by atoms with E-state index in [1.54, 1.807) is 0 Å². The number of hydrogen-bond acceptors (Lipinski definition) is 9. The molecule has 0 saturated heterocycles. The summed E-state index contributed by atoms with van der Waals surface area (Å²) in [7, 11) is 4.00. The number of carbonyl (C=O) groups excluding carboxylic acids is 1. The molecule has 1 aliphatic carbocycles. The smallest absolute Gasteiger partial charge is 0.340 e. The molecule has 0 spiro atoms. The van der Waals surface area contributed by atoms with Gasteiger partial charge in [-0.3, -0.25) is 0 Å². The van der Waals surface area contributed by atoms with Crippen molar-refractivity contribution in [1.29, 1.82) is 0 Å². The van der Waals surface area contributed by atoms with E-state index in [-0.39, 0.29) is 18.6 Å². The van der Waals surface area contributed by atoms with Crippen LogP contribution in [0.3, 0.4) is 0 Å². The van der Waals surface area contributed by atoms with Gasteiger partial charge in [-0.05, 0) is 19.3 Å². The molecule has 1 aliphatic heterocycles. The summed E-state index contributed by atoms with van der Waals surface area (Å²) in [5.41, 5.74) is -3.58. The maximum absolute atomic E-state index is 12.0. The van der Waals surface area contributed by atoms with Crippen LogP contribution in [0.2, 0.25) is 0 Å². The van der Waals surface area contributed by atoms with Gasteiger partial charge in [-0.1, -0.05) is 12.1 Å². The summed E-state index contributed by atoms with van der Waals surface area (Å²) in [6, 6.07) is 0. The number of nitrogens with zero attached hydrogens (tertiary/aromatic N) is 1. The molecule has 2 rings (SSSR count). The van der Waals surface area contributed by atoms with Crippen molar-refractivity contribution in [1.82, 2.24) is 0 Å². The van der Waals surface area contributed by atoms with Crippen molar-refractivity contribution >= 4 is 11.9 Å². The molecule has 0 aromatic heterocycles. The van der Waals surface area contributed by atoms with E-state index in [1.807, 2.05) is 6.92 Å². The van der Waals surface area contributed by atoms with E-state index in [2.05, 4.69) is 9.89 Å². The second kappa shape index (κ2) is 6.83. The van der Waals surface area contributed by atoms with E-state index in [1.165, 1.54) is 21.1 Å². The Hall–Kier alpha value is -1.42. The number of carbonyl (C=O) groups is 1. The van der Waals surface area contributed by atoms with Gasteiger partial charge in [-0.15, -0.1) is 0 Å². The predicted molar refractivity (Wildman–Crippen MR) is 80.9 cm³/mol. The average molecular weight is 347 g/mol. The number of rotatable bonds is 6. The van der Waals surface area contributed by atoms with Crippen LogP contribution in [0.4, 0.5) is 0 Å². The maximum Gasteiger partial charge on any atom is 0.340 e. The Morgan fingerprint density at radius 3 is 2.71 bits per heavy atom. The van der Waals surface area contributed by atoms with Gasteiger partial charge in [0.25, 0.3) is 0 Å². The average Bonchev–Trinajstić information content (AvgIpc) is 3.12. The predicted octanol–water partition coefficient (Wildman–Crippen LogP) is -0.355. The second-order valence-corrected chi connectivity index (χ2v) is 6.41. The number of oxime groups is 1. The van der Waals surface area contributed by atoms with E-state index in [4.69, 9.17) is 19.0 Å². The van der Waals surface area contributed by atoms with Gasteiger partial charge in [0.1, 0.15) is 30.5 Å². The van der Waals surface area contributed by atoms with Crippen molar-refractivity contribution in [3.63, 3.8) is 0 Å². The van der Waals surface area contributed by atoms with Crippen LogP contribution in [-0.4, -0.2) is 73.6 Å². The van der Waals surface area contributed by atoms with Crippen LogP contribution in [0.15, 0.2) is 5.16 Å². The highest BCUT2D eigenvalue weighted by Gasteiger charge is 2.67. The third kappa shape index (κ3) is 2.75. The maximum atomic E-state index is 12.0. The first-order valence-electron chi connectivity index (χ1n) is 7.65. The summed E-state index contributed by atoms with van der Waals surface area (Å²) in [6.07, 6.45) is -1.71. The fraction of sp³-hybridized carbons (Fsp3) is 0.867. The molecule has 1 heterocycles. The Bertz CT molecular complexity index is 508. The minimum Gasteiger partial charge on any atom is -0.482 e. The normalized spacial score (nSPS) is 35.5. The van der Waals surface area contributed by atoms with Crippen molar-refractivity contribution in [3.8, 4) is 0 Å². The van der Waals surface area contributed by atoms with E-state index in [0.29, 0.717) is 6.42 Å². The highest BCUT2D eigenvalue weighted by molar-refractivity contribution is 5.83. The van der Waals surface area contributed by atoms with Gasteiger partial charge in [0, 0.05) is 7.11 Å². The van der Waals surface area contributed by atoms with Crippen LogP contribution in [0.5, 0.6) is 0 Å². The van der Waals surface area contributed by atoms with Gasteiger partial charge in [0.2, 0.25) is 5.90 Å². The molecule has 9 heteroatoms. The summed E-state index contributed by atoms with van der Waals surface area (Å²) in [5, 5.41) is 25.4. The highest BCUT2D eigenvalue weighted by Crippen LogP contribution is 2.51. The zero-order chi connectivity index (χ0) is 18.1. The summed E-state index contributed by atoms with van der Waals surface area (Å²) in [6.45, 7) is 2.93. The molecule has 0 aromatic rings. The number of aliphatic hydroxyl groups is 2. The van der Waals surface area contributed by atoms with E-state index >= 15 is 0 Å². The fourth-order valence-corrected chi connectivity index (χ4v) is 3.67. The summed E-state index contributed by atoms with van der Waals surface area (Å²) < 4.78 is 20.7. The molecule has 2 aliphatic rings. The third-order valence-electron chi connectivity index (χ3n) is 4.84. The summed E-state index contributed by atoms with van der Waals surface area (Å²) in [4.78, 5) is 17.4. The number of fused-ring (bicyclic) bond motifs is 1. The van der Waals surface area contributed by atoms with Crippen LogP contribution in [0.1, 0.15) is 20.3 Å². The fourth-order valence-electron chi connectivity index (χ4n) is 3.67. The standard InChI is InChI=1S/C15H25NO8/c1-8-6-15(23-7-20-3,9-10(8)24-16-11(9)21-4)12(17)14(2,19)13(18)22-5/h8-10,12,17,19H,6-7H2,1-5H3/t8-,9+,10-,12?,14+,15+/m0/s1. The van der Waals surface area contributed by atoms with Gasteiger partial charge in [0.05, 0.1) is 14.2 Å². The molecule has 24 heavy (non-hydrogen) atoms. The van der Waals surface area contributed by atoms with Crippen LogP contribution in [-0.2, 0) is 28.6 Å². The minimum atomic E-state index is -2.20. The largest absolute Gasteiger partial charge is 0.482 e. The molecule has 2 N–H and O–H groups in total. The van der Waals surface area contributed by atoms with Crippen LogP contribution < -0.4 is 0 Å². The Kier molecular flexibility index (Phi) is 5.38. The van der Waals surface area contributed by atoms with E-state index < -0.39 is 35.3 Å². The number of hydrogen-bond donors (Lipinski definition) is 2. The van der Waals surface area contributed by atoms with Gasteiger partial charge in [-0.25, -0.2) is 4.79 Å². The third-order valence-corrected chi connectivity index (χ3v) is 4.84. The molecular formula is C15H25NO8. The lowest BCUT2D eigenvalue weighted by Crippen LogP contribution is -2.63. The van der Waals surface area contributed by atoms with E-state index in [0.717, 1.165) is 7.11 Å². The second-order valence-electron chi connectivity index (χ2n) is 6.41. The van der Waals surface area contributed by atoms with Crippen molar-refractivity contribution in [2.45, 2.75) is 43.7 Å². The summed E-state index contributed by atoms with van der Waals surface area (Å²) in [5.74, 6) is -1.40. The molecule has 1 saturated carbocycles. The van der Waals surface area contributed by atoms with Crippen molar-refractivity contribution < 1.29 is 38.8 Å². The van der Waals surface area contributed by atoms with Crippen LogP contribution >= 0.6 is 0 Å². The first kappa shape index (κ1) is 18.9. The van der Waals surface area contributed by atoms with Crippen molar-refractivity contribution in [2.24, 2.45) is 17.0 Å². The molecular weight excluding hydrogens is 322 g/mol. The Morgan fingerprint density at radius 2 is 2.17 bits per heavy atom. The van der Waals surface area contributed by atoms with Crippen LogP contribution in [0, 0.1) is 11.8 Å². The molecule has 1 fully saturated rings. The Balaban J connectivity index is 2.46. The molecule has 138 valence electrons. The molecule has 0 bridgehead atoms. The van der Waals surface area contributed by atoms with Crippen LogP contribution in [0.25, 0.3) is 0 Å². The number of esters is 1. The monoisotopic (exact) mass is 347 g/mol.